The summed E-state index contributed by atoms with van der Waals surface area (Å²) >= 11 is 0. The first-order valence-electron chi connectivity index (χ1n) is 6.36. The fraction of sp³-hybridized carbons (Fsp3) is 0.333. The van der Waals surface area contributed by atoms with Gasteiger partial charge in [-0.05, 0) is 30.0 Å². The van der Waals surface area contributed by atoms with E-state index in [1.165, 1.54) is 35.0 Å². The lowest BCUT2D eigenvalue weighted by Crippen LogP contribution is -2.29. The van der Waals surface area contributed by atoms with Gasteiger partial charge in [-0.1, -0.05) is 31.2 Å². The van der Waals surface area contributed by atoms with Crippen molar-refractivity contribution in [2.24, 2.45) is 0 Å². The molecular weight excluding hydrogens is 208 g/mol. The second kappa shape index (κ2) is 4.38. The Morgan fingerprint density at radius 3 is 3.12 bits per heavy atom. The average Bonchev–Trinajstić information content (AvgIpc) is 2.87. The molecule has 2 nitrogen and oxygen atoms in total. The van der Waals surface area contributed by atoms with Gasteiger partial charge < -0.3 is 4.98 Å². The molecule has 1 aliphatic rings. The van der Waals surface area contributed by atoms with Crippen LogP contribution in [0.4, 0.5) is 0 Å². The zero-order valence-corrected chi connectivity index (χ0v) is 10.2. The third-order valence-electron chi connectivity index (χ3n) is 3.61. The zero-order valence-electron chi connectivity index (χ0n) is 10.2. The van der Waals surface area contributed by atoms with E-state index >= 15 is 0 Å². The summed E-state index contributed by atoms with van der Waals surface area (Å²) in [6.07, 6.45) is 5.58. The summed E-state index contributed by atoms with van der Waals surface area (Å²) in [5.41, 5.74) is 4.11. The number of para-hydroxylation sites is 1. The van der Waals surface area contributed by atoms with Crippen LogP contribution in [0.25, 0.3) is 16.5 Å². The van der Waals surface area contributed by atoms with Gasteiger partial charge in [-0.3, -0.25) is 4.90 Å². The van der Waals surface area contributed by atoms with Crippen molar-refractivity contribution in [1.29, 1.82) is 0 Å². The molecule has 2 aromatic rings. The summed E-state index contributed by atoms with van der Waals surface area (Å²) in [4.78, 5) is 5.86. The fourth-order valence-electron chi connectivity index (χ4n) is 2.62. The molecule has 17 heavy (non-hydrogen) atoms. The van der Waals surface area contributed by atoms with Gasteiger partial charge in [0.15, 0.2) is 0 Å². The Hall–Kier alpha value is -1.54. The van der Waals surface area contributed by atoms with E-state index in [9.17, 15) is 0 Å². The smallest absolute Gasteiger partial charge is 0.0530 e. The second-order valence-electron chi connectivity index (χ2n) is 4.63. The third-order valence-corrected chi connectivity index (χ3v) is 3.61. The molecule has 0 aliphatic carbocycles. The van der Waals surface area contributed by atoms with E-state index in [-0.39, 0.29) is 0 Å². The van der Waals surface area contributed by atoms with E-state index < -0.39 is 0 Å². The van der Waals surface area contributed by atoms with Crippen LogP contribution in [0.2, 0.25) is 0 Å². The largest absolute Gasteiger partial charge is 0.361 e. The summed E-state index contributed by atoms with van der Waals surface area (Å²) in [5, 5.41) is 1.30. The van der Waals surface area contributed by atoms with Crippen molar-refractivity contribution in [3.05, 3.63) is 42.1 Å². The monoisotopic (exact) mass is 226 g/mol. The Morgan fingerprint density at radius 1 is 1.29 bits per heavy atom. The number of hydrogen-bond donors (Lipinski definition) is 1. The Morgan fingerprint density at radius 2 is 2.24 bits per heavy atom. The molecular formula is C15H18N2. The molecule has 0 unspecified atom stereocenters. The van der Waals surface area contributed by atoms with Crippen LogP contribution in [0.1, 0.15) is 18.9 Å². The van der Waals surface area contributed by atoms with Gasteiger partial charge in [0.25, 0.3) is 0 Å². The topological polar surface area (TPSA) is 19.0 Å². The Bertz CT molecular complexity index is 551. The Balaban J connectivity index is 2.03. The number of aromatic nitrogens is 1. The number of nitrogens with zero attached hydrogens (tertiary/aromatic N) is 1. The van der Waals surface area contributed by atoms with E-state index in [2.05, 4.69) is 47.1 Å². The quantitative estimate of drug-likeness (QED) is 0.832. The van der Waals surface area contributed by atoms with Gasteiger partial charge >= 0.3 is 0 Å². The molecule has 0 saturated carbocycles. The van der Waals surface area contributed by atoms with Crippen molar-refractivity contribution in [3.8, 4) is 0 Å². The van der Waals surface area contributed by atoms with E-state index in [4.69, 9.17) is 0 Å². The van der Waals surface area contributed by atoms with Gasteiger partial charge in [-0.25, -0.2) is 0 Å². The molecule has 2 heteroatoms. The van der Waals surface area contributed by atoms with Crippen LogP contribution in [0, 0.1) is 0 Å². The predicted octanol–water partition coefficient (Wildman–Crippen LogP) is 3.28. The number of rotatable bonds is 2. The first-order valence-corrected chi connectivity index (χ1v) is 6.36. The van der Waals surface area contributed by atoms with Crippen molar-refractivity contribution < 1.29 is 0 Å². The van der Waals surface area contributed by atoms with Crippen LogP contribution in [0.3, 0.4) is 0 Å². The van der Waals surface area contributed by atoms with Gasteiger partial charge in [0.2, 0.25) is 0 Å². The molecule has 2 heterocycles. The summed E-state index contributed by atoms with van der Waals surface area (Å²) in [6.45, 7) is 5.64. The molecule has 0 bridgehead atoms. The normalized spacial score (nSPS) is 17.4. The van der Waals surface area contributed by atoms with Crippen molar-refractivity contribution in [3.63, 3.8) is 0 Å². The minimum absolute atomic E-state index is 1.08. The summed E-state index contributed by atoms with van der Waals surface area (Å²) in [7, 11) is 0. The van der Waals surface area contributed by atoms with E-state index in [0.29, 0.717) is 0 Å². The van der Waals surface area contributed by atoms with Crippen LogP contribution in [0.15, 0.2) is 36.5 Å². The molecule has 1 aliphatic heterocycles. The van der Waals surface area contributed by atoms with Crippen molar-refractivity contribution in [2.45, 2.75) is 13.3 Å². The molecule has 1 aromatic carbocycles. The van der Waals surface area contributed by atoms with Gasteiger partial charge in [0.1, 0.15) is 0 Å². The highest BCUT2D eigenvalue weighted by Crippen LogP contribution is 2.26. The molecule has 0 fully saturated rings. The maximum Gasteiger partial charge on any atom is 0.0530 e. The maximum absolute atomic E-state index is 3.36. The van der Waals surface area contributed by atoms with Gasteiger partial charge in [-0.2, -0.15) is 0 Å². The van der Waals surface area contributed by atoms with Crippen molar-refractivity contribution >= 4 is 16.5 Å². The first-order chi connectivity index (χ1) is 8.38. The molecule has 0 amide bonds. The number of nitrogens with one attached hydrogen (secondary N) is 1. The number of H-pyrrole nitrogens is 1. The van der Waals surface area contributed by atoms with E-state index in [1.807, 2.05) is 6.20 Å². The molecule has 0 radical (unpaired) electrons. The van der Waals surface area contributed by atoms with Crippen molar-refractivity contribution in [2.75, 3.05) is 19.6 Å². The average molecular weight is 226 g/mol. The highest BCUT2D eigenvalue weighted by Gasteiger charge is 2.14. The SMILES string of the molecule is CCN1CCC=C(c2cccc3cc[nH]c23)C1. The molecule has 0 spiro atoms. The third kappa shape index (κ3) is 1.89. The lowest BCUT2D eigenvalue weighted by atomic mass is 9.99. The minimum atomic E-state index is 1.08. The minimum Gasteiger partial charge on any atom is -0.361 e. The van der Waals surface area contributed by atoms with Crippen LogP contribution in [0.5, 0.6) is 0 Å². The van der Waals surface area contributed by atoms with Gasteiger partial charge in [-0.15, -0.1) is 0 Å². The number of aromatic amines is 1. The van der Waals surface area contributed by atoms with Crippen LogP contribution in [-0.4, -0.2) is 29.5 Å². The lowest BCUT2D eigenvalue weighted by molar-refractivity contribution is 0.321. The van der Waals surface area contributed by atoms with E-state index in [1.54, 1.807) is 0 Å². The number of benzene rings is 1. The summed E-state index contributed by atoms with van der Waals surface area (Å²) in [6, 6.07) is 8.68. The zero-order chi connectivity index (χ0) is 11.7. The second-order valence-corrected chi connectivity index (χ2v) is 4.63. The van der Waals surface area contributed by atoms with E-state index in [0.717, 1.165) is 13.1 Å². The summed E-state index contributed by atoms with van der Waals surface area (Å²) in [5.74, 6) is 0. The van der Waals surface area contributed by atoms with Gasteiger partial charge in [0.05, 0.1) is 5.52 Å². The maximum atomic E-state index is 3.36. The number of fused-ring (bicyclic) bond motifs is 1. The highest BCUT2D eigenvalue weighted by atomic mass is 15.1. The molecule has 0 atom stereocenters. The van der Waals surface area contributed by atoms with Crippen LogP contribution < -0.4 is 0 Å². The molecule has 1 N–H and O–H groups in total. The molecule has 88 valence electrons. The van der Waals surface area contributed by atoms with Crippen molar-refractivity contribution in [1.82, 2.24) is 9.88 Å². The number of hydrogen-bond acceptors (Lipinski definition) is 1. The lowest BCUT2D eigenvalue weighted by Gasteiger charge is -2.26. The number of likely N-dealkylation sites (N-methyl/N-ethyl adjacent to an activating group) is 1. The molecule has 0 saturated heterocycles. The standard InChI is InChI=1S/C15H18N2/c1-2-17-10-4-6-13(11-17)14-7-3-5-12-8-9-16-15(12)14/h3,5-9,16H,2,4,10-11H2,1H3. The highest BCUT2D eigenvalue weighted by molar-refractivity contribution is 5.91. The fourth-order valence-corrected chi connectivity index (χ4v) is 2.62. The summed E-state index contributed by atoms with van der Waals surface area (Å²) < 4.78 is 0. The molecule has 1 aromatic heterocycles. The van der Waals surface area contributed by atoms with Crippen LogP contribution >= 0.6 is 0 Å². The Kier molecular flexibility index (Phi) is 2.73. The van der Waals surface area contributed by atoms with Crippen LogP contribution in [-0.2, 0) is 0 Å². The predicted molar refractivity (Wildman–Crippen MR) is 73.0 cm³/mol. The Labute approximate surface area is 102 Å². The first kappa shape index (κ1) is 10.6. The molecule has 3 rings (SSSR count). The van der Waals surface area contributed by atoms with Gasteiger partial charge in [0, 0.05) is 24.8 Å².